The van der Waals surface area contributed by atoms with Crippen molar-refractivity contribution in [1.29, 1.82) is 0 Å². The minimum atomic E-state index is -3.72. The lowest BCUT2D eigenvalue weighted by molar-refractivity contribution is 0.0472. The first kappa shape index (κ1) is 19.8. The molecule has 2 aromatic carbocycles. The summed E-state index contributed by atoms with van der Waals surface area (Å²) in [5.41, 5.74) is 1.97. The summed E-state index contributed by atoms with van der Waals surface area (Å²) >= 11 is 6.10. The fourth-order valence-electron chi connectivity index (χ4n) is 2.67. The Bertz CT molecular complexity index is 922. The Hall–Kier alpha value is -1.93. The van der Waals surface area contributed by atoms with Gasteiger partial charge in [-0.15, -0.1) is 0 Å². The van der Waals surface area contributed by atoms with Gasteiger partial charge in [-0.1, -0.05) is 41.4 Å². The molecule has 0 saturated carbocycles. The molecule has 0 unspecified atom stereocenters. The Morgan fingerprint density at radius 2 is 1.81 bits per heavy atom. The molecule has 1 saturated heterocycles. The van der Waals surface area contributed by atoms with Crippen LogP contribution in [0.15, 0.2) is 47.4 Å². The van der Waals surface area contributed by atoms with Gasteiger partial charge in [0.1, 0.15) is 6.61 Å². The third-order valence-electron chi connectivity index (χ3n) is 4.26. The van der Waals surface area contributed by atoms with Crippen molar-refractivity contribution in [3.8, 4) is 0 Å². The Morgan fingerprint density at radius 3 is 2.48 bits per heavy atom. The average Bonchev–Trinajstić information content (AvgIpc) is 2.68. The van der Waals surface area contributed by atoms with Crippen LogP contribution < -0.4 is 0 Å². The monoisotopic (exact) mass is 409 g/mol. The van der Waals surface area contributed by atoms with Crippen LogP contribution in [0.25, 0.3) is 0 Å². The van der Waals surface area contributed by atoms with Crippen LogP contribution in [0, 0.1) is 6.92 Å². The molecular formula is C19H20ClNO5S. The van der Waals surface area contributed by atoms with Gasteiger partial charge in [-0.2, -0.15) is 4.31 Å². The number of halogens is 1. The molecule has 0 spiro atoms. The number of ether oxygens (including phenoxy) is 2. The Morgan fingerprint density at radius 1 is 1.15 bits per heavy atom. The summed E-state index contributed by atoms with van der Waals surface area (Å²) in [4.78, 5) is 12.4. The van der Waals surface area contributed by atoms with Gasteiger partial charge in [-0.05, 0) is 30.7 Å². The number of carbonyl (C=O) groups is 1. The Balaban J connectivity index is 1.78. The van der Waals surface area contributed by atoms with E-state index in [4.69, 9.17) is 21.1 Å². The van der Waals surface area contributed by atoms with E-state index in [2.05, 4.69) is 0 Å². The zero-order chi connectivity index (χ0) is 19.4. The number of benzene rings is 2. The fraction of sp³-hybridized carbons (Fsp3) is 0.316. The van der Waals surface area contributed by atoms with Gasteiger partial charge >= 0.3 is 5.97 Å². The van der Waals surface area contributed by atoms with E-state index in [-0.39, 0.29) is 35.2 Å². The summed E-state index contributed by atoms with van der Waals surface area (Å²) in [7, 11) is -3.72. The van der Waals surface area contributed by atoms with Crippen LogP contribution >= 0.6 is 11.6 Å². The van der Waals surface area contributed by atoms with E-state index in [1.165, 1.54) is 22.5 Å². The smallest absolute Gasteiger partial charge is 0.340 e. The molecule has 6 nitrogen and oxygen atoms in total. The molecule has 2 aromatic rings. The molecule has 144 valence electrons. The van der Waals surface area contributed by atoms with Crippen molar-refractivity contribution in [2.75, 3.05) is 26.3 Å². The first-order chi connectivity index (χ1) is 12.9. The predicted molar refractivity (Wildman–Crippen MR) is 101 cm³/mol. The molecule has 1 aliphatic heterocycles. The second-order valence-electron chi connectivity index (χ2n) is 6.22. The summed E-state index contributed by atoms with van der Waals surface area (Å²) in [6.45, 7) is 3.29. The molecule has 0 aromatic heterocycles. The van der Waals surface area contributed by atoms with Crippen molar-refractivity contribution >= 4 is 27.6 Å². The molecular weight excluding hydrogens is 390 g/mol. The molecule has 1 aliphatic rings. The normalized spacial score (nSPS) is 15.5. The highest BCUT2D eigenvalue weighted by Gasteiger charge is 2.27. The summed E-state index contributed by atoms with van der Waals surface area (Å²) in [6.07, 6.45) is 0. The molecule has 8 heteroatoms. The number of hydrogen-bond donors (Lipinski definition) is 0. The van der Waals surface area contributed by atoms with Gasteiger partial charge in [-0.3, -0.25) is 0 Å². The second kappa shape index (κ2) is 8.39. The van der Waals surface area contributed by atoms with E-state index in [0.29, 0.717) is 13.2 Å². The fourth-order valence-corrected chi connectivity index (χ4v) is 4.30. The lowest BCUT2D eigenvalue weighted by Gasteiger charge is -2.26. The predicted octanol–water partition coefficient (Wildman–Crippen LogP) is 3.03. The number of nitrogens with zero attached hydrogens (tertiary/aromatic N) is 1. The lowest BCUT2D eigenvalue weighted by Crippen LogP contribution is -2.40. The van der Waals surface area contributed by atoms with Crippen molar-refractivity contribution in [3.05, 3.63) is 64.2 Å². The van der Waals surface area contributed by atoms with Crippen molar-refractivity contribution in [2.45, 2.75) is 18.4 Å². The van der Waals surface area contributed by atoms with Crippen molar-refractivity contribution in [2.24, 2.45) is 0 Å². The first-order valence-corrected chi connectivity index (χ1v) is 10.3. The van der Waals surface area contributed by atoms with Crippen molar-refractivity contribution in [1.82, 2.24) is 4.31 Å². The molecule has 0 N–H and O–H groups in total. The summed E-state index contributed by atoms with van der Waals surface area (Å²) in [5.74, 6) is -0.667. The van der Waals surface area contributed by atoms with Gasteiger partial charge in [0, 0.05) is 13.1 Å². The summed E-state index contributed by atoms with van der Waals surface area (Å²) < 4.78 is 37.3. The Labute approximate surface area is 163 Å². The van der Waals surface area contributed by atoms with Gasteiger partial charge in [-0.25, -0.2) is 13.2 Å². The molecule has 0 aliphatic carbocycles. The minimum Gasteiger partial charge on any atom is -0.457 e. The minimum absolute atomic E-state index is 0.0103. The van der Waals surface area contributed by atoms with Crippen LogP contribution in [0.4, 0.5) is 0 Å². The van der Waals surface area contributed by atoms with Gasteiger partial charge < -0.3 is 9.47 Å². The van der Waals surface area contributed by atoms with Crippen LogP contribution in [0.2, 0.25) is 5.02 Å². The van der Waals surface area contributed by atoms with E-state index in [1.807, 2.05) is 31.2 Å². The van der Waals surface area contributed by atoms with Crippen LogP contribution in [0.3, 0.4) is 0 Å². The Kier molecular flexibility index (Phi) is 6.16. The SMILES string of the molecule is Cc1ccc(COC(=O)c2cc(S(=O)(=O)N3CCOCC3)ccc2Cl)cc1. The van der Waals surface area contributed by atoms with E-state index in [0.717, 1.165) is 11.1 Å². The molecule has 27 heavy (non-hydrogen) atoms. The van der Waals surface area contributed by atoms with E-state index < -0.39 is 16.0 Å². The number of morpholine rings is 1. The average molecular weight is 410 g/mol. The highest BCUT2D eigenvalue weighted by Crippen LogP contribution is 2.24. The number of esters is 1. The van der Waals surface area contributed by atoms with Gasteiger partial charge in [0.15, 0.2) is 0 Å². The highest BCUT2D eigenvalue weighted by molar-refractivity contribution is 7.89. The maximum absolute atomic E-state index is 12.8. The summed E-state index contributed by atoms with van der Waals surface area (Å²) in [6, 6.07) is 11.6. The molecule has 0 atom stereocenters. The van der Waals surface area contributed by atoms with Gasteiger partial charge in [0.25, 0.3) is 0 Å². The highest BCUT2D eigenvalue weighted by atomic mass is 35.5. The molecule has 1 heterocycles. The van der Waals surface area contributed by atoms with Crippen LogP contribution in [0.1, 0.15) is 21.5 Å². The number of hydrogen-bond acceptors (Lipinski definition) is 5. The zero-order valence-corrected chi connectivity index (χ0v) is 16.4. The number of carbonyl (C=O) groups excluding carboxylic acids is 1. The maximum Gasteiger partial charge on any atom is 0.340 e. The van der Waals surface area contributed by atoms with Crippen LogP contribution in [0.5, 0.6) is 0 Å². The van der Waals surface area contributed by atoms with Crippen molar-refractivity contribution in [3.63, 3.8) is 0 Å². The van der Waals surface area contributed by atoms with E-state index in [1.54, 1.807) is 0 Å². The molecule has 0 radical (unpaired) electrons. The third-order valence-corrected chi connectivity index (χ3v) is 6.48. The molecule has 0 bridgehead atoms. The summed E-state index contributed by atoms with van der Waals surface area (Å²) in [5, 5.41) is 0.143. The largest absolute Gasteiger partial charge is 0.457 e. The second-order valence-corrected chi connectivity index (χ2v) is 8.56. The first-order valence-electron chi connectivity index (χ1n) is 8.48. The van der Waals surface area contributed by atoms with Gasteiger partial charge in [0.05, 0.1) is 28.7 Å². The topological polar surface area (TPSA) is 72.9 Å². The van der Waals surface area contributed by atoms with Crippen molar-refractivity contribution < 1.29 is 22.7 Å². The maximum atomic E-state index is 12.8. The van der Waals surface area contributed by atoms with Crippen LogP contribution in [-0.2, 0) is 26.1 Å². The third kappa shape index (κ3) is 4.68. The van der Waals surface area contributed by atoms with E-state index in [9.17, 15) is 13.2 Å². The number of sulfonamides is 1. The molecule has 3 rings (SSSR count). The molecule has 1 fully saturated rings. The lowest BCUT2D eigenvalue weighted by atomic mass is 10.2. The quantitative estimate of drug-likeness (QED) is 0.710. The molecule has 0 amide bonds. The number of aryl methyl sites for hydroxylation is 1. The standard InChI is InChI=1S/C19H20ClNO5S/c1-14-2-4-15(5-3-14)13-26-19(22)17-12-16(6-7-18(17)20)27(23,24)21-8-10-25-11-9-21/h2-7,12H,8-11,13H2,1H3. The van der Waals surface area contributed by atoms with Crippen LogP contribution in [-0.4, -0.2) is 45.0 Å². The number of rotatable bonds is 5. The van der Waals surface area contributed by atoms with Gasteiger partial charge in [0.2, 0.25) is 10.0 Å². The zero-order valence-electron chi connectivity index (χ0n) is 14.9. The van der Waals surface area contributed by atoms with E-state index >= 15 is 0 Å².